The molecule has 1 saturated heterocycles. The molecule has 2 heterocycles. The standard InChI is InChI=1S/C21H23N3O3S/c1-21(20(26)23-17-7-2-3-8-18(17)28-21)19(25)22-16-6-4-5-15(13-16)14-24-9-11-27-12-10-24/h2-8,13H,9-12,14H2,1H3,(H,22,25)(H,23,26). The maximum atomic E-state index is 13.0. The molecule has 2 aromatic carbocycles. The number of anilines is 2. The molecule has 2 N–H and O–H groups in total. The van der Waals surface area contributed by atoms with Crippen LogP contribution in [0.5, 0.6) is 0 Å². The fraction of sp³-hybridized carbons (Fsp3) is 0.333. The van der Waals surface area contributed by atoms with Crippen LogP contribution < -0.4 is 10.6 Å². The molecular weight excluding hydrogens is 374 g/mol. The van der Waals surface area contributed by atoms with Crippen LogP contribution in [0.2, 0.25) is 0 Å². The number of benzene rings is 2. The van der Waals surface area contributed by atoms with Crippen LogP contribution in [0.3, 0.4) is 0 Å². The van der Waals surface area contributed by atoms with E-state index in [1.54, 1.807) is 6.92 Å². The Kier molecular flexibility index (Phi) is 5.39. The van der Waals surface area contributed by atoms with Crippen LogP contribution in [0.1, 0.15) is 12.5 Å². The molecule has 0 radical (unpaired) electrons. The lowest BCUT2D eigenvalue weighted by molar-refractivity contribution is -0.126. The van der Waals surface area contributed by atoms with Gasteiger partial charge in [0, 0.05) is 30.2 Å². The van der Waals surface area contributed by atoms with E-state index in [0.29, 0.717) is 5.69 Å². The van der Waals surface area contributed by atoms with Gasteiger partial charge in [-0.2, -0.15) is 0 Å². The van der Waals surface area contributed by atoms with Crippen molar-refractivity contribution in [2.24, 2.45) is 0 Å². The van der Waals surface area contributed by atoms with Gasteiger partial charge in [0.05, 0.1) is 18.9 Å². The van der Waals surface area contributed by atoms with Crippen LogP contribution in [0.4, 0.5) is 11.4 Å². The van der Waals surface area contributed by atoms with Crippen LogP contribution in [-0.2, 0) is 20.9 Å². The third-order valence-electron chi connectivity index (χ3n) is 5.01. The Labute approximate surface area is 168 Å². The molecule has 146 valence electrons. The molecule has 7 heteroatoms. The summed E-state index contributed by atoms with van der Waals surface area (Å²) >= 11 is 1.28. The zero-order valence-electron chi connectivity index (χ0n) is 15.7. The van der Waals surface area contributed by atoms with Gasteiger partial charge in [-0.3, -0.25) is 14.5 Å². The largest absolute Gasteiger partial charge is 0.379 e. The van der Waals surface area contributed by atoms with Crippen LogP contribution in [-0.4, -0.2) is 47.8 Å². The SMILES string of the molecule is CC1(C(=O)Nc2cccc(CN3CCOCC3)c2)Sc2ccccc2NC1=O. The first kappa shape index (κ1) is 19.0. The summed E-state index contributed by atoms with van der Waals surface area (Å²) < 4.78 is 4.16. The molecule has 0 aliphatic carbocycles. The minimum Gasteiger partial charge on any atom is -0.379 e. The Morgan fingerprint density at radius 2 is 2.00 bits per heavy atom. The lowest BCUT2D eigenvalue weighted by Gasteiger charge is -2.31. The molecule has 0 bridgehead atoms. The number of carbonyl (C=O) groups excluding carboxylic acids is 2. The van der Waals surface area contributed by atoms with E-state index in [1.807, 2.05) is 48.5 Å². The number of morpholine rings is 1. The quantitative estimate of drug-likeness (QED) is 0.777. The summed E-state index contributed by atoms with van der Waals surface area (Å²) in [6.07, 6.45) is 0. The van der Waals surface area contributed by atoms with Gasteiger partial charge in [-0.05, 0) is 36.8 Å². The molecule has 6 nitrogen and oxygen atoms in total. The first-order chi connectivity index (χ1) is 13.5. The van der Waals surface area contributed by atoms with Crippen molar-refractivity contribution in [3.05, 3.63) is 54.1 Å². The summed E-state index contributed by atoms with van der Waals surface area (Å²) in [5.74, 6) is -0.633. The predicted molar refractivity (Wildman–Crippen MR) is 111 cm³/mol. The van der Waals surface area contributed by atoms with E-state index in [-0.39, 0.29) is 11.8 Å². The van der Waals surface area contributed by atoms with Gasteiger partial charge in [-0.15, -0.1) is 0 Å². The molecule has 2 aliphatic heterocycles. The summed E-state index contributed by atoms with van der Waals surface area (Å²) in [5, 5.41) is 5.77. The Morgan fingerprint density at radius 3 is 2.82 bits per heavy atom. The summed E-state index contributed by atoms with van der Waals surface area (Å²) in [6.45, 7) is 5.80. The highest BCUT2D eigenvalue weighted by molar-refractivity contribution is 8.02. The van der Waals surface area contributed by atoms with Gasteiger partial charge in [0.1, 0.15) is 0 Å². The van der Waals surface area contributed by atoms with Crippen LogP contribution in [0.15, 0.2) is 53.4 Å². The van der Waals surface area contributed by atoms with Gasteiger partial charge in [0.25, 0.3) is 0 Å². The molecule has 2 aromatic rings. The highest BCUT2D eigenvalue weighted by atomic mass is 32.2. The first-order valence-corrected chi connectivity index (χ1v) is 10.2. The second-order valence-corrected chi connectivity index (χ2v) is 8.59. The van der Waals surface area contributed by atoms with Crippen LogP contribution >= 0.6 is 11.8 Å². The average Bonchev–Trinajstić information content (AvgIpc) is 2.70. The molecule has 1 unspecified atom stereocenters. The fourth-order valence-electron chi connectivity index (χ4n) is 3.33. The number of amides is 2. The fourth-order valence-corrected chi connectivity index (χ4v) is 4.43. The number of hydrogen-bond donors (Lipinski definition) is 2. The Hall–Kier alpha value is -2.35. The predicted octanol–water partition coefficient (Wildman–Crippen LogP) is 2.96. The number of nitrogens with zero attached hydrogens (tertiary/aromatic N) is 1. The highest BCUT2D eigenvalue weighted by Gasteiger charge is 2.45. The van der Waals surface area contributed by atoms with Crippen molar-refractivity contribution in [3.8, 4) is 0 Å². The lowest BCUT2D eigenvalue weighted by atomic mass is 10.1. The lowest BCUT2D eigenvalue weighted by Crippen LogP contribution is -2.49. The van der Waals surface area contributed by atoms with Crippen LogP contribution in [0, 0.1) is 0 Å². The van der Waals surface area contributed by atoms with Gasteiger partial charge < -0.3 is 15.4 Å². The maximum absolute atomic E-state index is 13.0. The normalized spacial score (nSPS) is 22.2. The van der Waals surface area contributed by atoms with Crippen molar-refractivity contribution in [2.45, 2.75) is 23.1 Å². The van der Waals surface area contributed by atoms with Gasteiger partial charge in [0.2, 0.25) is 11.8 Å². The van der Waals surface area contributed by atoms with Crippen molar-refractivity contribution in [2.75, 3.05) is 36.9 Å². The van der Waals surface area contributed by atoms with Crippen molar-refractivity contribution in [3.63, 3.8) is 0 Å². The number of rotatable bonds is 4. The summed E-state index contributed by atoms with van der Waals surface area (Å²) in [7, 11) is 0. The molecule has 1 atom stereocenters. The molecular formula is C21H23N3O3S. The van der Waals surface area contributed by atoms with E-state index in [2.05, 4.69) is 15.5 Å². The summed E-state index contributed by atoms with van der Waals surface area (Å²) in [4.78, 5) is 28.8. The molecule has 0 spiro atoms. The Morgan fingerprint density at radius 1 is 1.21 bits per heavy atom. The van der Waals surface area contributed by atoms with Gasteiger partial charge in [-0.1, -0.05) is 36.0 Å². The number of ether oxygens (including phenoxy) is 1. The van der Waals surface area contributed by atoms with Gasteiger partial charge in [0.15, 0.2) is 4.75 Å². The molecule has 1 fully saturated rings. The minimum absolute atomic E-state index is 0.307. The second kappa shape index (κ2) is 7.95. The number of carbonyl (C=O) groups is 2. The van der Waals surface area contributed by atoms with Crippen molar-refractivity contribution < 1.29 is 14.3 Å². The third kappa shape index (κ3) is 3.92. The zero-order valence-corrected chi connectivity index (χ0v) is 16.6. The summed E-state index contributed by atoms with van der Waals surface area (Å²) in [6, 6.07) is 15.3. The Balaban J connectivity index is 1.47. The van der Waals surface area contributed by atoms with E-state index in [9.17, 15) is 9.59 Å². The maximum Gasteiger partial charge on any atom is 0.250 e. The highest BCUT2D eigenvalue weighted by Crippen LogP contribution is 2.42. The second-order valence-electron chi connectivity index (χ2n) is 7.13. The van der Waals surface area contributed by atoms with E-state index >= 15 is 0 Å². The third-order valence-corrected chi connectivity index (χ3v) is 6.37. The number of hydrogen-bond acceptors (Lipinski definition) is 5. The van der Waals surface area contributed by atoms with E-state index < -0.39 is 4.75 Å². The molecule has 2 aliphatic rings. The number of fused-ring (bicyclic) bond motifs is 1. The van der Waals surface area contributed by atoms with Crippen LogP contribution in [0.25, 0.3) is 0 Å². The molecule has 0 aromatic heterocycles. The van der Waals surface area contributed by atoms with E-state index in [0.717, 1.165) is 49.0 Å². The average molecular weight is 398 g/mol. The van der Waals surface area contributed by atoms with E-state index in [4.69, 9.17) is 4.74 Å². The number of para-hydroxylation sites is 1. The molecule has 2 amide bonds. The van der Waals surface area contributed by atoms with Crippen molar-refractivity contribution in [1.82, 2.24) is 4.90 Å². The number of thioether (sulfide) groups is 1. The molecule has 28 heavy (non-hydrogen) atoms. The molecule has 0 saturated carbocycles. The monoisotopic (exact) mass is 397 g/mol. The summed E-state index contributed by atoms with van der Waals surface area (Å²) in [5.41, 5.74) is 2.57. The smallest absolute Gasteiger partial charge is 0.250 e. The molecule has 4 rings (SSSR count). The van der Waals surface area contributed by atoms with Gasteiger partial charge >= 0.3 is 0 Å². The zero-order chi connectivity index (χ0) is 19.6. The topological polar surface area (TPSA) is 70.7 Å². The Bertz CT molecular complexity index is 898. The van der Waals surface area contributed by atoms with E-state index in [1.165, 1.54) is 11.8 Å². The first-order valence-electron chi connectivity index (χ1n) is 9.34. The minimum atomic E-state index is -1.23. The van der Waals surface area contributed by atoms with Crippen molar-refractivity contribution >= 4 is 35.0 Å². The number of nitrogens with one attached hydrogen (secondary N) is 2. The van der Waals surface area contributed by atoms with Gasteiger partial charge in [-0.25, -0.2) is 0 Å². The van der Waals surface area contributed by atoms with Crippen molar-refractivity contribution in [1.29, 1.82) is 0 Å².